The Morgan fingerprint density at radius 2 is 1.70 bits per heavy atom. The monoisotopic (exact) mass is 372 g/mol. The van der Waals surface area contributed by atoms with Gasteiger partial charge in [-0.05, 0) is 12.1 Å². The number of anilines is 1. The molecule has 2 amide bonds. The van der Waals surface area contributed by atoms with Crippen molar-refractivity contribution in [2.24, 2.45) is 5.41 Å². The highest BCUT2D eigenvalue weighted by Gasteiger charge is 2.20. The molecule has 0 unspecified atom stereocenters. The SMILES string of the molecule is CC(C)(C)C(=O)NCCC(=O)Nc1ccc(OCC(=O)O)c2ccccc12. The second-order valence-corrected chi connectivity index (χ2v) is 7.14. The highest BCUT2D eigenvalue weighted by molar-refractivity contribution is 6.04. The third-order valence-corrected chi connectivity index (χ3v) is 3.83. The van der Waals surface area contributed by atoms with Gasteiger partial charge in [0.25, 0.3) is 0 Å². The number of carboxylic acid groups (broad SMARTS) is 1. The Balaban J connectivity index is 2.06. The smallest absolute Gasteiger partial charge is 0.341 e. The molecule has 0 bridgehead atoms. The van der Waals surface area contributed by atoms with Gasteiger partial charge >= 0.3 is 5.97 Å². The summed E-state index contributed by atoms with van der Waals surface area (Å²) < 4.78 is 5.30. The molecule has 3 N–H and O–H groups in total. The van der Waals surface area contributed by atoms with E-state index in [9.17, 15) is 14.4 Å². The van der Waals surface area contributed by atoms with E-state index in [0.717, 1.165) is 5.39 Å². The van der Waals surface area contributed by atoms with Crippen LogP contribution in [-0.2, 0) is 14.4 Å². The predicted octanol–water partition coefficient (Wildman–Crippen LogP) is 2.79. The van der Waals surface area contributed by atoms with Crippen LogP contribution in [0.15, 0.2) is 36.4 Å². The molecule has 7 heteroatoms. The Labute approximate surface area is 157 Å². The van der Waals surface area contributed by atoms with Crippen molar-refractivity contribution in [2.75, 3.05) is 18.5 Å². The van der Waals surface area contributed by atoms with Gasteiger partial charge in [-0.3, -0.25) is 9.59 Å². The van der Waals surface area contributed by atoms with Crippen LogP contribution in [0.3, 0.4) is 0 Å². The minimum Gasteiger partial charge on any atom is -0.481 e. The van der Waals surface area contributed by atoms with Crippen molar-refractivity contribution in [3.8, 4) is 5.75 Å². The zero-order valence-corrected chi connectivity index (χ0v) is 15.7. The molecule has 144 valence electrons. The van der Waals surface area contributed by atoms with Crippen LogP contribution in [0.25, 0.3) is 10.8 Å². The minimum absolute atomic E-state index is 0.110. The van der Waals surface area contributed by atoms with Gasteiger partial charge in [-0.25, -0.2) is 4.79 Å². The van der Waals surface area contributed by atoms with Gasteiger partial charge in [-0.2, -0.15) is 0 Å². The predicted molar refractivity (Wildman–Crippen MR) is 103 cm³/mol. The Bertz CT molecular complexity index is 855. The lowest BCUT2D eigenvalue weighted by Crippen LogP contribution is -2.36. The number of rotatable bonds is 7. The molecule has 0 aliphatic heterocycles. The molecule has 0 saturated heterocycles. The third-order valence-electron chi connectivity index (χ3n) is 3.83. The lowest BCUT2D eigenvalue weighted by Gasteiger charge is -2.17. The first kappa shape index (κ1) is 20.2. The number of carbonyl (C=O) groups excluding carboxylic acids is 2. The molecule has 0 aliphatic carbocycles. The van der Waals surface area contributed by atoms with E-state index >= 15 is 0 Å². The molecule has 0 atom stereocenters. The summed E-state index contributed by atoms with van der Waals surface area (Å²) in [6.45, 7) is 5.23. The molecule has 0 spiro atoms. The summed E-state index contributed by atoms with van der Waals surface area (Å²) in [5.74, 6) is -0.966. The van der Waals surface area contributed by atoms with E-state index in [1.165, 1.54) is 0 Å². The van der Waals surface area contributed by atoms with Gasteiger partial charge in [0, 0.05) is 34.8 Å². The van der Waals surface area contributed by atoms with E-state index in [2.05, 4.69) is 10.6 Å². The summed E-state index contributed by atoms with van der Waals surface area (Å²) >= 11 is 0. The maximum atomic E-state index is 12.2. The van der Waals surface area contributed by atoms with E-state index in [-0.39, 0.29) is 24.8 Å². The molecule has 2 rings (SSSR count). The molecule has 7 nitrogen and oxygen atoms in total. The van der Waals surface area contributed by atoms with Crippen LogP contribution in [0, 0.1) is 5.41 Å². The molecule has 0 fully saturated rings. The lowest BCUT2D eigenvalue weighted by atomic mass is 9.96. The fourth-order valence-electron chi connectivity index (χ4n) is 2.41. The Morgan fingerprint density at radius 1 is 1.04 bits per heavy atom. The molecule has 0 aliphatic rings. The van der Waals surface area contributed by atoms with Crippen molar-refractivity contribution in [1.29, 1.82) is 0 Å². The first-order valence-corrected chi connectivity index (χ1v) is 8.63. The van der Waals surface area contributed by atoms with E-state index in [1.807, 2.05) is 39.0 Å². The standard InChI is InChI=1S/C20H24N2O5/c1-20(2,3)19(26)21-11-10-17(23)22-15-8-9-16(27-12-18(24)25)14-7-5-4-6-13(14)15/h4-9H,10-12H2,1-3H3,(H,21,26)(H,22,23)(H,24,25). The molecular formula is C20H24N2O5. The molecule has 27 heavy (non-hydrogen) atoms. The number of nitrogens with one attached hydrogen (secondary N) is 2. The summed E-state index contributed by atoms with van der Waals surface area (Å²) in [6, 6.07) is 10.5. The van der Waals surface area contributed by atoms with Crippen molar-refractivity contribution < 1.29 is 24.2 Å². The van der Waals surface area contributed by atoms with Crippen LogP contribution < -0.4 is 15.4 Å². The van der Waals surface area contributed by atoms with Crippen LogP contribution in [0.1, 0.15) is 27.2 Å². The first-order valence-electron chi connectivity index (χ1n) is 8.63. The highest BCUT2D eigenvalue weighted by atomic mass is 16.5. The van der Waals surface area contributed by atoms with Crippen molar-refractivity contribution in [1.82, 2.24) is 5.32 Å². The maximum Gasteiger partial charge on any atom is 0.341 e. The quantitative estimate of drug-likeness (QED) is 0.693. The fourth-order valence-corrected chi connectivity index (χ4v) is 2.41. The summed E-state index contributed by atoms with van der Waals surface area (Å²) in [6.07, 6.45) is 0.146. The summed E-state index contributed by atoms with van der Waals surface area (Å²) in [7, 11) is 0. The number of aliphatic carboxylic acids is 1. The lowest BCUT2D eigenvalue weighted by molar-refractivity contribution is -0.139. The molecule has 0 aromatic heterocycles. The summed E-state index contributed by atoms with van der Waals surface area (Å²) in [5.41, 5.74) is 0.0961. The van der Waals surface area contributed by atoms with E-state index < -0.39 is 18.0 Å². The minimum atomic E-state index is -1.06. The average Bonchev–Trinajstić information content (AvgIpc) is 2.60. The van der Waals surface area contributed by atoms with Gasteiger partial charge in [0.15, 0.2) is 6.61 Å². The van der Waals surface area contributed by atoms with Gasteiger partial charge in [0.2, 0.25) is 11.8 Å². The fraction of sp³-hybridized carbons (Fsp3) is 0.350. The molecule has 0 radical (unpaired) electrons. The maximum absolute atomic E-state index is 12.2. The van der Waals surface area contributed by atoms with Crippen LogP contribution in [-0.4, -0.2) is 36.0 Å². The van der Waals surface area contributed by atoms with Crippen LogP contribution in [0.4, 0.5) is 5.69 Å². The second kappa shape index (κ2) is 8.53. The molecule has 2 aromatic carbocycles. The number of carbonyl (C=O) groups is 3. The van der Waals surface area contributed by atoms with Gasteiger partial charge < -0.3 is 20.5 Å². The first-order chi connectivity index (χ1) is 12.7. The molecular weight excluding hydrogens is 348 g/mol. The topological polar surface area (TPSA) is 105 Å². The average molecular weight is 372 g/mol. The van der Waals surface area contributed by atoms with Gasteiger partial charge in [0.05, 0.1) is 0 Å². The van der Waals surface area contributed by atoms with Crippen molar-refractivity contribution >= 4 is 34.2 Å². The van der Waals surface area contributed by atoms with Gasteiger partial charge in [-0.15, -0.1) is 0 Å². The largest absolute Gasteiger partial charge is 0.481 e. The number of hydrogen-bond donors (Lipinski definition) is 3. The number of ether oxygens (including phenoxy) is 1. The van der Waals surface area contributed by atoms with E-state index in [0.29, 0.717) is 16.8 Å². The van der Waals surface area contributed by atoms with Crippen molar-refractivity contribution in [3.05, 3.63) is 36.4 Å². The number of hydrogen-bond acceptors (Lipinski definition) is 4. The summed E-state index contributed by atoms with van der Waals surface area (Å²) in [5, 5.41) is 15.8. The molecule has 2 aromatic rings. The normalized spacial score (nSPS) is 11.1. The second-order valence-electron chi connectivity index (χ2n) is 7.14. The number of amides is 2. The highest BCUT2D eigenvalue weighted by Crippen LogP contribution is 2.31. The number of benzene rings is 2. The van der Waals surface area contributed by atoms with Crippen LogP contribution >= 0.6 is 0 Å². The van der Waals surface area contributed by atoms with Crippen molar-refractivity contribution in [3.63, 3.8) is 0 Å². The number of fused-ring (bicyclic) bond motifs is 1. The van der Waals surface area contributed by atoms with Gasteiger partial charge in [-0.1, -0.05) is 45.0 Å². The zero-order chi connectivity index (χ0) is 20.0. The zero-order valence-electron chi connectivity index (χ0n) is 15.7. The third kappa shape index (κ3) is 5.70. The molecule has 0 heterocycles. The van der Waals surface area contributed by atoms with E-state index in [1.54, 1.807) is 18.2 Å². The summed E-state index contributed by atoms with van der Waals surface area (Å²) in [4.78, 5) is 34.8. The van der Waals surface area contributed by atoms with E-state index in [4.69, 9.17) is 9.84 Å². The molecule has 0 saturated carbocycles. The Hall–Kier alpha value is -3.09. The van der Waals surface area contributed by atoms with Crippen LogP contribution in [0.2, 0.25) is 0 Å². The number of carboxylic acids is 1. The van der Waals surface area contributed by atoms with Crippen molar-refractivity contribution in [2.45, 2.75) is 27.2 Å². The van der Waals surface area contributed by atoms with Gasteiger partial charge in [0.1, 0.15) is 5.75 Å². The Kier molecular flexibility index (Phi) is 6.39. The Morgan fingerprint density at radius 3 is 2.33 bits per heavy atom. The van der Waals surface area contributed by atoms with Crippen LogP contribution in [0.5, 0.6) is 5.75 Å².